The van der Waals surface area contributed by atoms with E-state index in [1.54, 1.807) is 21.5 Å². The third kappa shape index (κ3) is 3.31. The highest BCUT2D eigenvalue weighted by Gasteiger charge is 2.18. The van der Waals surface area contributed by atoms with Crippen molar-refractivity contribution in [1.82, 2.24) is 24.5 Å². The Balaban J connectivity index is 1.59. The van der Waals surface area contributed by atoms with Crippen molar-refractivity contribution < 1.29 is 4.79 Å². The lowest BCUT2D eigenvalue weighted by atomic mass is 10.1. The number of carbonyl (C=O) groups excluding carboxylic acids is 1. The molecule has 0 radical (unpaired) electrons. The number of carbonyl (C=O) groups is 1. The van der Waals surface area contributed by atoms with E-state index >= 15 is 0 Å². The summed E-state index contributed by atoms with van der Waals surface area (Å²) in [5.74, 6) is 0.298. The van der Waals surface area contributed by atoms with Gasteiger partial charge in [-0.25, -0.2) is 4.98 Å². The maximum absolute atomic E-state index is 12.9. The van der Waals surface area contributed by atoms with E-state index in [0.29, 0.717) is 23.6 Å². The highest BCUT2D eigenvalue weighted by molar-refractivity contribution is 6.12. The van der Waals surface area contributed by atoms with Crippen LogP contribution in [0, 0.1) is 13.8 Å². The fraction of sp³-hybridized carbons (Fsp3) is 0.200. The smallest absolute Gasteiger partial charge is 0.257 e. The first-order valence-electron chi connectivity index (χ1n) is 8.71. The summed E-state index contributed by atoms with van der Waals surface area (Å²) < 4.78 is 3.50. The number of rotatable bonds is 4. The third-order valence-electron chi connectivity index (χ3n) is 4.41. The number of pyridine rings is 1. The summed E-state index contributed by atoms with van der Waals surface area (Å²) in [6.45, 7) is 4.40. The monoisotopic (exact) mass is 360 g/mol. The Morgan fingerprint density at radius 2 is 1.89 bits per heavy atom. The van der Waals surface area contributed by atoms with Gasteiger partial charge in [-0.15, -0.1) is 0 Å². The number of hydrogen-bond acceptors (Lipinski definition) is 4. The molecule has 0 saturated heterocycles. The Labute approximate surface area is 156 Å². The average molecular weight is 360 g/mol. The van der Waals surface area contributed by atoms with Crippen LogP contribution in [0.3, 0.4) is 0 Å². The molecule has 0 spiro atoms. The second kappa shape index (κ2) is 6.68. The van der Waals surface area contributed by atoms with Crippen molar-refractivity contribution in [1.29, 1.82) is 0 Å². The summed E-state index contributed by atoms with van der Waals surface area (Å²) in [6.07, 6.45) is 1.85. The maximum Gasteiger partial charge on any atom is 0.257 e. The number of amides is 1. The van der Waals surface area contributed by atoms with E-state index in [1.807, 2.05) is 57.4 Å². The van der Waals surface area contributed by atoms with Crippen LogP contribution in [0.15, 0.2) is 48.7 Å². The zero-order valence-electron chi connectivity index (χ0n) is 15.5. The van der Waals surface area contributed by atoms with Crippen molar-refractivity contribution in [3.8, 4) is 0 Å². The van der Waals surface area contributed by atoms with Gasteiger partial charge in [-0.3, -0.25) is 14.2 Å². The van der Waals surface area contributed by atoms with Crippen LogP contribution in [0.25, 0.3) is 11.0 Å². The van der Waals surface area contributed by atoms with Crippen molar-refractivity contribution in [2.24, 2.45) is 7.05 Å². The van der Waals surface area contributed by atoms with Gasteiger partial charge in [0.25, 0.3) is 5.91 Å². The molecule has 0 fully saturated rings. The van der Waals surface area contributed by atoms with Gasteiger partial charge in [0, 0.05) is 25.0 Å². The molecule has 7 heteroatoms. The Hall–Kier alpha value is -3.48. The standard InChI is InChI=1S/C20H20N6O/c1-13-11-16(18-14(2)23-25(3)19(18)21-13)20(27)22-17-9-10-26(24-17)12-15-7-5-4-6-8-15/h4-11H,12H2,1-3H3,(H,22,24,27). The highest BCUT2D eigenvalue weighted by Crippen LogP contribution is 2.22. The van der Waals surface area contributed by atoms with Crippen LogP contribution in [0.4, 0.5) is 5.82 Å². The van der Waals surface area contributed by atoms with Gasteiger partial charge in [-0.1, -0.05) is 30.3 Å². The van der Waals surface area contributed by atoms with Gasteiger partial charge in [0.2, 0.25) is 0 Å². The number of anilines is 1. The summed E-state index contributed by atoms with van der Waals surface area (Å²) in [5.41, 5.74) is 3.95. The minimum absolute atomic E-state index is 0.216. The fourth-order valence-electron chi connectivity index (χ4n) is 3.22. The van der Waals surface area contributed by atoms with Crippen LogP contribution in [-0.4, -0.2) is 30.5 Å². The van der Waals surface area contributed by atoms with Crippen molar-refractivity contribution >= 4 is 22.8 Å². The van der Waals surface area contributed by atoms with Crippen molar-refractivity contribution in [3.63, 3.8) is 0 Å². The lowest BCUT2D eigenvalue weighted by Crippen LogP contribution is -2.14. The molecule has 0 bridgehead atoms. The van der Waals surface area contributed by atoms with Crippen LogP contribution in [0.5, 0.6) is 0 Å². The van der Waals surface area contributed by atoms with Crippen molar-refractivity contribution in [2.45, 2.75) is 20.4 Å². The highest BCUT2D eigenvalue weighted by atomic mass is 16.1. The van der Waals surface area contributed by atoms with Gasteiger partial charge in [0.1, 0.15) is 0 Å². The van der Waals surface area contributed by atoms with Crippen LogP contribution in [0.2, 0.25) is 0 Å². The number of benzene rings is 1. The molecule has 1 N–H and O–H groups in total. The Kier molecular flexibility index (Phi) is 4.19. The maximum atomic E-state index is 12.9. The zero-order chi connectivity index (χ0) is 19.0. The normalized spacial score (nSPS) is 11.1. The van der Waals surface area contributed by atoms with E-state index in [4.69, 9.17) is 0 Å². The molecule has 0 unspecified atom stereocenters. The van der Waals surface area contributed by atoms with E-state index in [1.165, 1.54) is 0 Å². The lowest BCUT2D eigenvalue weighted by molar-refractivity contribution is 0.102. The van der Waals surface area contributed by atoms with Gasteiger partial charge in [0.05, 0.1) is 23.2 Å². The third-order valence-corrected chi connectivity index (χ3v) is 4.41. The molecule has 0 aliphatic heterocycles. The van der Waals surface area contributed by atoms with E-state index in [9.17, 15) is 4.79 Å². The number of aryl methyl sites for hydroxylation is 3. The Bertz CT molecular complexity index is 1130. The van der Waals surface area contributed by atoms with E-state index in [0.717, 1.165) is 22.3 Å². The number of hydrogen-bond donors (Lipinski definition) is 1. The molecule has 4 aromatic rings. The molecule has 3 heterocycles. The molecule has 7 nitrogen and oxygen atoms in total. The van der Waals surface area contributed by atoms with Crippen LogP contribution in [-0.2, 0) is 13.6 Å². The summed E-state index contributed by atoms with van der Waals surface area (Å²) >= 11 is 0. The lowest BCUT2D eigenvalue weighted by Gasteiger charge is -2.06. The second-order valence-corrected chi connectivity index (χ2v) is 6.56. The molecule has 0 atom stereocenters. The topological polar surface area (TPSA) is 77.6 Å². The quantitative estimate of drug-likeness (QED) is 0.607. The number of nitrogens with one attached hydrogen (secondary N) is 1. The van der Waals surface area contributed by atoms with Gasteiger partial charge in [0.15, 0.2) is 11.5 Å². The van der Waals surface area contributed by atoms with Crippen LogP contribution >= 0.6 is 0 Å². The van der Waals surface area contributed by atoms with E-state index < -0.39 is 0 Å². The number of nitrogens with zero attached hydrogens (tertiary/aromatic N) is 5. The fourth-order valence-corrected chi connectivity index (χ4v) is 3.22. The molecule has 0 saturated carbocycles. The molecule has 136 valence electrons. The van der Waals surface area contributed by atoms with Gasteiger partial charge >= 0.3 is 0 Å². The number of aromatic nitrogens is 5. The largest absolute Gasteiger partial charge is 0.305 e. The molecular formula is C20H20N6O. The van der Waals surface area contributed by atoms with Gasteiger partial charge in [-0.05, 0) is 25.5 Å². The minimum atomic E-state index is -0.216. The Morgan fingerprint density at radius 3 is 2.67 bits per heavy atom. The summed E-state index contributed by atoms with van der Waals surface area (Å²) in [4.78, 5) is 17.4. The minimum Gasteiger partial charge on any atom is -0.305 e. The second-order valence-electron chi connectivity index (χ2n) is 6.56. The van der Waals surface area contributed by atoms with E-state index in [-0.39, 0.29) is 5.91 Å². The number of fused-ring (bicyclic) bond motifs is 1. The zero-order valence-corrected chi connectivity index (χ0v) is 15.5. The first-order chi connectivity index (χ1) is 13.0. The predicted octanol–water partition coefficient (Wildman–Crippen LogP) is 3.08. The van der Waals surface area contributed by atoms with Crippen molar-refractivity contribution in [2.75, 3.05) is 5.32 Å². The Morgan fingerprint density at radius 1 is 1.11 bits per heavy atom. The molecular weight excluding hydrogens is 340 g/mol. The molecule has 4 rings (SSSR count). The van der Waals surface area contributed by atoms with Crippen molar-refractivity contribution in [3.05, 3.63) is 71.2 Å². The van der Waals surface area contributed by atoms with Gasteiger partial charge in [-0.2, -0.15) is 10.2 Å². The predicted molar refractivity (Wildman–Crippen MR) is 104 cm³/mol. The summed E-state index contributed by atoms with van der Waals surface area (Å²) in [5, 5.41) is 12.5. The first kappa shape index (κ1) is 17.0. The molecule has 1 aromatic carbocycles. The molecule has 1 amide bonds. The molecule has 0 aliphatic rings. The molecule has 27 heavy (non-hydrogen) atoms. The summed E-state index contributed by atoms with van der Waals surface area (Å²) in [6, 6.07) is 13.6. The van der Waals surface area contributed by atoms with Gasteiger partial charge < -0.3 is 5.32 Å². The summed E-state index contributed by atoms with van der Waals surface area (Å²) in [7, 11) is 1.83. The average Bonchev–Trinajstić information content (AvgIpc) is 3.19. The van der Waals surface area contributed by atoms with E-state index in [2.05, 4.69) is 20.5 Å². The molecule has 0 aliphatic carbocycles. The van der Waals surface area contributed by atoms with Crippen LogP contribution in [0.1, 0.15) is 27.3 Å². The SMILES string of the molecule is Cc1cc(C(=O)Nc2ccn(Cc3ccccc3)n2)c2c(C)nn(C)c2n1. The first-order valence-corrected chi connectivity index (χ1v) is 8.71. The molecule has 3 aromatic heterocycles. The van der Waals surface area contributed by atoms with Crippen LogP contribution < -0.4 is 5.32 Å².